The van der Waals surface area contributed by atoms with Crippen LogP contribution < -0.4 is 5.32 Å². The number of rotatable bonds is 3. The first-order valence-corrected chi connectivity index (χ1v) is 8.22. The van der Waals surface area contributed by atoms with E-state index in [0.29, 0.717) is 12.0 Å². The lowest BCUT2D eigenvalue weighted by atomic mass is 9.80. The Morgan fingerprint density at radius 2 is 1.61 bits per heavy atom. The van der Waals surface area contributed by atoms with Crippen molar-refractivity contribution in [1.29, 1.82) is 0 Å². The zero-order valence-corrected chi connectivity index (χ0v) is 15.0. The van der Waals surface area contributed by atoms with Crippen LogP contribution in [0.3, 0.4) is 0 Å². The van der Waals surface area contributed by atoms with Crippen LogP contribution in [0.2, 0.25) is 0 Å². The van der Waals surface area contributed by atoms with Gasteiger partial charge in [-0.1, -0.05) is 25.3 Å². The van der Waals surface area contributed by atoms with Gasteiger partial charge >= 0.3 is 0 Å². The summed E-state index contributed by atoms with van der Waals surface area (Å²) < 4.78 is 0. The van der Waals surface area contributed by atoms with Crippen LogP contribution in [0, 0.1) is 5.92 Å². The van der Waals surface area contributed by atoms with Crippen LogP contribution >= 0.6 is 24.8 Å². The Morgan fingerprint density at radius 3 is 2.22 bits per heavy atom. The predicted molar refractivity (Wildman–Crippen MR) is 98.0 cm³/mol. The summed E-state index contributed by atoms with van der Waals surface area (Å²) in [6, 6.07) is 5.74. The molecule has 132 valence electrons. The molecule has 2 fully saturated rings. The second-order valence-corrected chi connectivity index (χ2v) is 6.38. The highest BCUT2D eigenvalue weighted by Crippen LogP contribution is 2.40. The van der Waals surface area contributed by atoms with E-state index in [9.17, 15) is 10.2 Å². The average Bonchev–Trinajstić information content (AvgIpc) is 2.53. The highest BCUT2D eigenvalue weighted by molar-refractivity contribution is 5.85. The van der Waals surface area contributed by atoms with E-state index in [1.807, 2.05) is 6.07 Å². The topological polar surface area (TPSA) is 55.7 Å². The van der Waals surface area contributed by atoms with Crippen molar-refractivity contribution in [3.8, 4) is 11.5 Å². The summed E-state index contributed by atoms with van der Waals surface area (Å²) in [6.45, 7) is 4.19. The van der Waals surface area contributed by atoms with Crippen LogP contribution in [0.25, 0.3) is 0 Å². The Kier molecular flexibility index (Phi) is 8.48. The quantitative estimate of drug-likeness (QED) is 0.720. The molecule has 4 nitrogen and oxygen atoms in total. The molecule has 1 saturated carbocycles. The van der Waals surface area contributed by atoms with E-state index in [-0.39, 0.29) is 36.3 Å². The molecular formula is C17H28Cl2N2O2. The number of piperazine rings is 1. The molecule has 0 radical (unpaired) electrons. The molecule has 1 aliphatic heterocycles. The summed E-state index contributed by atoms with van der Waals surface area (Å²) in [5.41, 5.74) is 1.15. The average molecular weight is 363 g/mol. The number of phenolic OH excluding ortho intramolecular Hbond substituents is 2. The number of hydrogen-bond acceptors (Lipinski definition) is 4. The van der Waals surface area contributed by atoms with Crippen LogP contribution in [-0.2, 0) is 0 Å². The highest BCUT2D eigenvalue weighted by atomic mass is 35.5. The minimum absolute atomic E-state index is 0. The first-order valence-electron chi connectivity index (χ1n) is 8.22. The van der Waals surface area contributed by atoms with Crippen LogP contribution in [0.1, 0.15) is 43.7 Å². The highest BCUT2D eigenvalue weighted by Gasteiger charge is 2.31. The predicted octanol–water partition coefficient (Wildman–Crippen LogP) is 3.47. The largest absolute Gasteiger partial charge is 0.504 e. The van der Waals surface area contributed by atoms with Crippen molar-refractivity contribution in [2.24, 2.45) is 5.92 Å². The molecule has 6 heteroatoms. The Hall–Kier alpha value is -0.680. The van der Waals surface area contributed by atoms with E-state index < -0.39 is 0 Å². The standard InChI is InChI=1S/C17H26N2O2.2ClH/c20-15-7-6-14(12-16(15)21)17(13-4-2-1-3-5-13)19-10-8-18-9-11-19;;/h6-7,12-13,17-18,20-21H,1-5,8-11H2;2*1H/t17-;;/m0../s1. The van der Waals surface area contributed by atoms with Gasteiger partial charge in [0.05, 0.1) is 0 Å². The molecule has 0 spiro atoms. The van der Waals surface area contributed by atoms with Gasteiger partial charge in [-0.05, 0) is 36.5 Å². The molecular weight excluding hydrogens is 335 g/mol. The maximum absolute atomic E-state index is 9.86. The smallest absolute Gasteiger partial charge is 0.157 e. The Balaban J connectivity index is 0.00000132. The minimum Gasteiger partial charge on any atom is -0.504 e. The molecule has 1 heterocycles. The normalized spacial score (nSPS) is 21.0. The lowest BCUT2D eigenvalue weighted by molar-refractivity contribution is 0.103. The number of nitrogens with one attached hydrogen (secondary N) is 1. The van der Waals surface area contributed by atoms with Gasteiger partial charge in [-0.3, -0.25) is 4.90 Å². The molecule has 2 aliphatic rings. The monoisotopic (exact) mass is 362 g/mol. The minimum atomic E-state index is -0.0264. The molecule has 1 aromatic carbocycles. The van der Waals surface area contributed by atoms with E-state index in [2.05, 4.69) is 10.2 Å². The molecule has 0 amide bonds. The van der Waals surface area contributed by atoms with Crippen molar-refractivity contribution in [2.45, 2.75) is 38.1 Å². The third-order valence-electron chi connectivity index (χ3n) is 4.98. The Labute approximate surface area is 151 Å². The van der Waals surface area contributed by atoms with Crippen molar-refractivity contribution in [2.75, 3.05) is 26.2 Å². The summed E-state index contributed by atoms with van der Waals surface area (Å²) in [7, 11) is 0. The Bertz CT molecular complexity index is 458. The second-order valence-electron chi connectivity index (χ2n) is 6.38. The van der Waals surface area contributed by atoms with Crippen LogP contribution in [0.4, 0.5) is 0 Å². The van der Waals surface area contributed by atoms with Gasteiger partial charge in [-0.15, -0.1) is 24.8 Å². The van der Waals surface area contributed by atoms with Crippen molar-refractivity contribution < 1.29 is 10.2 Å². The van der Waals surface area contributed by atoms with Crippen molar-refractivity contribution in [1.82, 2.24) is 10.2 Å². The zero-order valence-electron chi connectivity index (χ0n) is 13.4. The van der Waals surface area contributed by atoms with Gasteiger partial charge in [0.15, 0.2) is 11.5 Å². The van der Waals surface area contributed by atoms with Gasteiger partial charge in [-0.2, -0.15) is 0 Å². The number of halogens is 2. The zero-order chi connectivity index (χ0) is 14.7. The molecule has 0 unspecified atom stereocenters. The fraction of sp³-hybridized carbons (Fsp3) is 0.647. The maximum atomic E-state index is 9.86. The fourth-order valence-corrected chi connectivity index (χ4v) is 3.92. The molecule has 1 atom stereocenters. The van der Waals surface area contributed by atoms with Crippen molar-refractivity contribution >= 4 is 24.8 Å². The van der Waals surface area contributed by atoms with Gasteiger partial charge < -0.3 is 15.5 Å². The first kappa shape index (κ1) is 20.4. The third kappa shape index (κ3) is 4.90. The van der Waals surface area contributed by atoms with Crippen molar-refractivity contribution in [3.05, 3.63) is 23.8 Å². The molecule has 23 heavy (non-hydrogen) atoms. The number of phenols is 2. The second kappa shape index (κ2) is 9.58. The van der Waals surface area contributed by atoms with Crippen molar-refractivity contribution in [3.63, 3.8) is 0 Å². The number of hydrogen-bond donors (Lipinski definition) is 3. The van der Waals surface area contributed by atoms with Crippen LogP contribution in [0.15, 0.2) is 18.2 Å². The lowest BCUT2D eigenvalue weighted by Crippen LogP contribution is -2.47. The summed E-state index contributed by atoms with van der Waals surface area (Å²) in [6.07, 6.45) is 6.53. The fourth-order valence-electron chi connectivity index (χ4n) is 3.92. The van der Waals surface area contributed by atoms with Gasteiger partial charge in [0.2, 0.25) is 0 Å². The maximum Gasteiger partial charge on any atom is 0.157 e. The summed E-state index contributed by atoms with van der Waals surface area (Å²) in [5.74, 6) is 0.644. The van der Waals surface area contributed by atoms with Gasteiger partial charge in [0, 0.05) is 32.2 Å². The van der Waals surface area contributed by atoms with Crippen LogP contribution in [0.5, 0.6) is 11.5 Å². The van der Waals surface area contributed by atoms with Gasteiger partial charge in [0.1, 0.15) is 0 Å². The SMILES string of the molecule is Cl.Cl.Oc1ccc([C@H](C2CCCCC2)N2CCNCC2)cc1O. The summed E-state index contributed by atoms with van der Waals surface area (Å²) in [5, 5.41) is 22.9. The molecule has 3 rings (SSSR count). The summed E-state index contributed by atoms with van der Waals surface area (Å²) in [4.78, 5) is 2.55. The molecule has 1 saturated heterocycles. The summed E-state index contributed by atoms with van der Waals surface area (Å²) >= 11 is 0. The molecule has 0 aromatic heterocycles. The van der Waals surface area contributed by atoms with Gasteiger partial charge in [0.25, 0.3) is 0 Å². The first-order chi connectivity index (χ1) is 10.3. The van der Waals surface area contributed by atoms with E-state index in [0.717, 1.165) is 31.7 Å². The lowest BCUT2D eigenvalue weighted by Gasteiger charge is -2.41. The Morgan fingerprint density at radius 1 is 0.957 bits per heavy atom. The van der Waals surface area contributed by atoms with Crippen LogP contribution in [-0.4, -0.2) is 41.3 Å². The number of nitrogens with zero attached hydrogens (tertiary/aromatic N) is 1. The van der Waals surface area contributed by atoms with E-state index in [1.54, 1.807) is 12.1 Å². The molecule has 3 N–H and O–H groups in total. The third-order valence-corrected chi connectivity index (χ3v) is 4.98. The van der Waals surface area contributed by atoms with E-state index in [4.69, 9.17) is 0 Å². The number of aromatic hydroxyl groups is 2. The van der Waals surface area contributed by atoms with E-state index >= 15 is 0 Å². The molecule has 1 aliphatic carbocycles. The number of benzene rings is 1. The molecule has 0 bridgehead atoms. The van der Waals surface area contributed by atoms with Gasteiger partial charge in [-0.25, -0.2) is 0 Å². The van der Waals surface area contributed by atoms with E-state index in [1.165, 1.54) is 32.1 Å². The molecule has 1 aromatic rings.